The van der Waals surface area contributed by atoms with Gasteiger partial charge in [-0.2, -0.15) is 0 Å². The first-order valence-electron chi connectivity index (χ1n) is 20.5. The van der Waals surface area contributed by atoms with E-state index in [9.17, 15) is 4.79 Å². The highest BCUT2D eigenvalue weighted by Gasteiger charge is 2.64. The van der Waals surface area contributed by atoms with Gasteiger partial charge in [0.1, 0.15) is 30.9 Å². The number of Topliss-reactive ketones (excluding diaryl/α,β-unsaturated/α-hetero) is 1. The minimum atomic E-state index is -1.31. The number of methoxy groups -OCH3 is 1. The maximum absolute atomic E-state index is 13.5. The van der Waals surface area contributed by atoms with Crippen molar-refractivity contribution in [1.29, 1.82) is 0 Å². The van der Waals surface area contributed by atoms with Crippen LogP contribution in [0, 0.1) is 5.92 Å². The van der Waals surface area contributed by atoms with Crippen LogP contribution in [0.1, 0.15) is 75.8 Å². The van der Waals surface area contributed by atoms with Crippen LogP contribution in [0.2, 0.25) is 25.7 Å². The topological polar surface area (TPSA) is 109 Å². The lowest BCUT2D eigenvalue weighted by Gasteiger charge is -2.52. The standard InChI is InChI=1S/C43H62O11Si/c1-31-26-43(51-36(29-48-28-32-10-7-6-8-11-32)40(53-43)39(31)49-30-47-24-25-55(3,4)5)38-12-9-20-41(52-38)21-18-37(44)42(54-41)22-17-35(50-42)19-23-46-27-33-13-15-34(45-2)16-14-33/h6-8,10-11,13-16,31,35-36,38-40H,9,12,17-30H2,1-5H3/t31-,35+,36+,38-,39-,40-,41-,42+,43+/m1/s1. The summed E-state index contributed by atoms with van der Waals surface area (Å²) in [7, 11) is 0.443. The van der Waals surface area contributed by atoms with Gasteiger partial charge in [-0.05, 0) is 60.9 Å². The molecule has 2 bridgehead atoms. The number of hydrogen-bond acceptors (Lipinski definition) is 11. The number of ketones is 1. The van der Waals surface area contributed by atoms with Gasteiger partial charge in [0, 0.05) is 53.4 Å². The highest BCUT2D eigenvalue weighted by molar-refractivity contribution is 6.76. The Balaban J connectivity index is 0.980. The fourth-order valence-corrected chi connectivity index (χ4v) is 9.53. The molecule has 0 amide bonds. The molecule has 0 saturated carbocycles. The predicted molar refractivity (Wildman–Crippen MR) is 207 cm³/mol. The molecular formula is C43H62O11Si. The van der Waals surface area contributed by atoms with Crippen LogP contribution in [-0.2, 0) is 60.6 Å². The average Bonchev–Trinajstić information content (AvgIpc) is 3.72. The molecule has 304 valence electrons. The summed E-state index contributed by atoms with van der Waals surface area (Å²) in [5.41, 5.74) is 2.18. The molecule has 7 rings (SSSR count). The normalized spacial score (nSPS) is 34.8. The quantitative estimate of drug-likeness (QED) is 0.0902. The number of carbonyl (C=O) groups excluding carboxylic acids is 1. The molecule has 12 heteroatoms. The average molecular weight is 783 g/mol. The molecule has 5 heterocycles. The van der Waals surface area contributed by atoms with Crippen LogP contribution in [0.3, 0.4) is 0 Å². The molecule has 0 unspecified atom stereocenters. The Morgan fingerprint density at radius 3 is 2.40 bits per heavy atom. The van der Waals surface area contributed by atoms with Gasteiger partial charge in [-0.1, -0.05) is 69.0 Å². The molecular weight excluding hydrogens is 721 g/mol. The molecule has 11 nitrogen and oxygen atoms in total. The zero-order valence-electron chi connectivity index (χ0n) is 33.5. The second-order valence-corrected chi connectivity index (χ2v) is 23.0. The molecule has 0 radical (unpaired) electrons. The molecule has 0 aliphatic carbocycles. The molecule has 9 atom stereocenters. The Kier molecular flexibility index (Phi) is 13.2. The molecule has 2 aromatic rings. The molecule has 2 aromatic carbocycles. The van der Waals surface area contributed by atoms with Crippen molar-refractivity contribution < 1.29 is 52.2 Å². The van der Waals surface area contributed by atoms with E-state index in [2.05, 4.69) is 38.7 Å². The first-order chi connectivity index (χ1) is 26.5. The summed E-state index contributed by atoms with van der Waals surface area (Å²) in [5, 5.41) is 0. The number of ether oxygens (including phenoxy) is 10. The van der Waals surface area contributed by atoms with Crippen molar-refractivity contribution >= 4 is 13.9 Å². The summed E-state index contributed by atoms with van der Waals surface area (Å²) in [6.45, 7) is 12.0. The summed E-state index contributed by atoms with van der Waals surface area (Å²) in [6.07, 6.45) is 4.13. The lowest BCUT2D eigenvalue weighted by molar-refractivity contribution is -0.403. The van der Waals surface area contributed by atoms with Gasteiger partial charge >= 0.3 is 0 Å². The van der Waals surface area contributed by atoms with Gasteiger partial charge in [0.25, 0.3) is 0 Å². The third-order valence-electron chi connectivity index (χ3n) is 11.8. The molecule has 5 fully saturated rings. The summed E-state index contributed by atoms with van der Waals surface area (Å²) in [4.78, 5) is 13.5. The van der Waals surface area contributed by atoms with Crippen molar-refractivity contribution in [3.05, 3.63) is 65.7 Å². The Morgan fingerprint density at radius 1 is 0.836 bits per heavy atom. The van der Waals surface area contributed by atoms with Crippen LogP contribution >= 0.6 is 0 Å². The van der Waals surface area contributed by atoms with Crippen LogP contribution in [-0.4, -0.2) is 95.5 Å². The van der Waals surface area contributed by atoms with E-state index in [0.717, 1.165) is 42.2 Å². The number of rotatable bonds is 17. The second-order valence-electron chi connectivity index (χ2n) is 17.4. The number of benzene rings is 2. The van der Waals surface area contributed by atoms with Gasteiger partial charge in [0.05, 0.1) is 39.1 Å². The number of hydrogen-bond donors (Lipinski definition) is 0. The Hall–Kier alpha value is -2.23. The molecule has 2 spiro atoms. The lowest BCUT2D eigenvalue weighted by atomic mass is 9.83. The maximum atomic E-state index is 13.5. The van der Waals surface area contributed by atoms with E-state index in [1.807, 2.05) is 42.5 Å². The molecule has 55 heavy (non-hydrogen) atoms. The SMILES string of the molecule is COc1ccc(COCC[C@@H]2CC[C@]3(O2)O[C@]2(CCC[C@H]([C@]45C[C@@H](C)[C@@H](OCOCC[Si](C)(C)C)[C@H](O4)[C@H](COCc4ccccc4)O5)O2)CCC3=O)cc1. The van der Waals surface area contributed by atoms with Crippen molar-refractivity contribution in [1.82, 2.24) is 0 Å². The largest absolute Gasteiger partial charge is 0.497 e. The van der Waals surface area contributed by atoms with Crippen molar-refractivity contribution in [2.45, 2.75) is 151 Å². The van der Waals surface area contributed by atoms with Gasteiger partial charge in [0.2, 0.25) is 5.79 Å². The van der Waals surface area contributed by atoms with Crippen molar-refractivity contribution in [3.8, 4) is 5.75 Å². The van der Waals surface area contributed by atoms with E-state index in [0.29, 0.717) is 71.6 Å². The Labute approximate surface area is 327 Å². The van der Waals surface area contributed by atoms with E-state index >= 15 is 0 Å². The number of carbonyl (C=O) groups is 1. The van der Waals surface area contributed by atoms with Crippen LogP contribution in [0.4, 0.5) is 0 Å². The zero-order valence-corrected chi connectivity index (χ0v) is 34.5. The highest BCUT2D eigenvalue weighted by Crippen LogP contribution is 2.53. The molecule has 0 N–H and O–H groups in total. The van der Waals surface area contributed by atoms with Crippen molar-refractivity contribution in [2.75, 3.05) is 33.7 Å². The van der Waals surface area contributed by atoms with E-state index in [1.165, 1.54) is 0 Å². The van der Waals surface area contributed by atoms with E-state index in [-0.39, 0.29) is 42.9 Å². The summed E-state index contributed by atoms with van der Waals surface area (Å²) in [6, 6.07) is 19.1. The fourth-order valence-electron chi connectivity index (χ4n) is 8.78. The van der Waals surface area contributed by atoms with Gasteiger partial charge in [-0.25, -0.2) is 0 Å². The maximum Gasteiger partial charge on any atom is 0.231 e. The Morgan fingerprint density at radius 2 is 1.62 bits per heavy atom. The first-order valence-corrected chi connectivity index (χ1v) is 24.2. The predicted octanol–water partition coefficient (Wildman–Crippen LogP) is 7.56. The summed E-state index contributed by atoms with van der Waals surface area (Å²) >= 11 is 0. The summed E-state index contributed by atoms with van der Waals surface area (Å²) in [5.74, 6) is -2.33. The highest BCUT2D eigenvalue weighted by atomic mass is 28.3. The minimum Gasteiger partial charge on any atom is -0.497 e. The summed E-state index contributed by atoms with van der Waals surface area (Å²) < 4.78 is 64.1. The molecule has 5 aliphatic heterocycles. The van der Waals surface area contributed by atoms with Gasteiger partial charge in [0.15, 0.2) is 17.4 Å². The molecule has 5 saturated heterocycles. The smallest absolute Gasteiger partial charge is 0.231 e. The van der Waals surface area contributed by atoms with Crippen molar-refractivity contribution in [2.24, 2.45) is 5.92 Å². The first kappa shape index (κ1) is 40.9. The third kappa shape index (κ3) is 9.91. The second kappa shape index (κ2) is 17.7. The van der Waals surface area contributed by atoms with E-state index < -0.39 is 31.5 Å². The zero-order chi connectivity index (χ0) is 38.5. The number of fused-ring (bicyclic) bond motifs is 2. The third-order valence-corrected chi connectivity index (χ3v) is 13.5. The Bertz CT molecular complexity index is 1540. The van der Waals surface area contributed by atoms with E-state index in [4.69, 9.17) is 47.4 Å². The monoisotopic (exact) mass is 782 g/mol. The van der Waals surface area contributed by atoms with Gasteiger partial charge in [-0.3, -0.25) is 4.79 Å². The fraction of sp³-hybridized carbons (Fsp3) is 0.698. The molecule has 0 aromatic heterocycles. The lowest BCUT2D eigenvalue weighted by Crippen LogP contribution is -2.62. The van der Waals surface area contributed by atoms with Crippen LogP contribution in [0.15, 0.2) is 54.6 Å². The van der Waals surface area contributed by atoms with Crippen LogP contribution < -0.4 is 4.74 Å². The molecule has 5 aliphatic rings. The van der Waals surface area contributed by atoms with Crippen LogP contribution in [0.25, 0.3) is 0 Å². The van der Waals surface area contributed by atoms with Crippen molar-refractivity contribution in [3.63, 3.8) is 0 Å². The minimum absolute atomic E-state index is 0.00827. The van der Waals surface area contributed by atoms with Gasteiger partial charge < -0.3 is 47.4 Å². The van der Waals surface area contributed by atoms with Gasteiger partial charge in [-0.15, -0.1) is 0 Å². The van der Waals surface area contributed by atoms with Crippen LogP contribution in [0.5, 0.6) is 5.75 Å². The van der Waals surface area contributed by atoms with E-state index in [1.54, 1.807) is 7.11 Å².